The Morgan fingerprint density at radius 1 is 1.11 bits per heavy atom. The number of carboxylic acid groups (broad SMARTS) is 1. The molecule has 196 valence electrons. The minimum Gasteiger partial charge on any atom is -0.481 e. The second kappa shape index (κ2) is 12.1. The molecule has 0 aromatic heterocycles. The van der Waals surface area contributed by atoms with Crippen LogP contribution < -0.4 is 16.1 Å². The molecule has 0 aliphatic carbocycles. The third-order valence-electron chi connectivity index (χ3n) is 6.68. The van der Waals surface area contributed by atoms with Gasteiger partial charge in [-0.2, -0.15) is 5.10 Å². The number of amides is 1. The maximum absolute atomic E-state index is 13.4. The molecule has 3 aromatic carbocycles. The van der Waals surface area contributed by atoms with Crippen LogP contribution in [0.25, 0.3) is 0 Å². The van der Waals surface area contributed by atoms with Gasteiger partial charge in [0, 0.05) is 37.1 Å². The average molecular weight is 514 g/mol. The fourth-order valence-electron chi connectivity index (χ4n) is 4.61. The largest absolute Gasteiger partial charge is 0.481 e. The van der Waals surface area contributed by atoms with Crippen LogP contribution >= 0.6 is 0 Å². The quantitative estimate of drug-likeness (QED) is 0.164. The highest BCUT2D eigenvalue weighted by Gasteiger charge is 2.34. The summed E-state index contributed by atoms with van der Waals surface area (Å²) in [6.45, 7) is 0.902. The zero-order valence-electron chi connectivity index (χ0n) is 21.2. The van der Waals surface area contributed by atoms with Gasteiger partial charge >= 0.3 is 5.97 Å². The molecule has 0 saturated carbocycles. The van der Waals surface area contributed by atoms with E-state index in [1.165, 1.54) is 6.21 Å². The number of hydrogen-bond donors (Lipinski definition) is 3. The number of anilines is 2. The molecule has 38 heavy (non-hydrogen) atoms. The van der Waals surface area contributed by atoms with Gasteiger partial charge in [0.25, 0.3) is 0 Å². The number of likely N-dealkylation sites (N-methyl/N-ethyl adjacent to an activating group) is 1. The van der Waals surface area contributed by atoms with Crippen molar-refractivity contribution in [2.45, 2.75) is 25.4 Å². The molecule has 9 nitrogen and oxygen atoms in total. The van der Waals surface area contributed by atoms with Crippen molar-refractivity contribution >= 4 is 35.2 Å². The molecule has 0 bridgehead atoms. The van der Waals surface area contributed by atoms with Gasteiger partial charge in [-0.3, -0.25) is 14.4 Å². The minimum atomic E-state index is -1.03. The number of rotatable bonds is 10. The van der Waals surface area contributed by atoms with Gasteiger partial charge in [0.05, 0.1) is 19.2 Å². The Bertz CT molecular complexity index is 1320. The average Bonchev–Trinajstić information content (AvgIpc) is 3.01. The van der Waals surface area contributed by atoms with Gasteiger partial charge in [-0.1, -0.05) is 54.6 Å². The van der Waals surface area contributed by atoms with Crippen LogP contribution in [0.5, 0.6) is 0 Å². The topological polar surface area (TPSA) is 128 Å². The van der Waals surface area contributed by atoms with Crippen molar-refractivity contribution in [3.8, 4) is 0 Å². The van der Waals surface area contributed by atoms with Crippen molar-refractivity contribution in [1.29, 1.82) is 0 Å². The van der Waals surface area contributed by atoms with Crippen LogP contribution in [0.2, 0.25) is 0 Å². The first-order valence-electron chi connectivity index (χ1n) is 12.4. The van der Waals surface area contributed by atoms with Crippen LogP contribution in [-0.2, 0) is 22.6 Å². The van der Waals surface area contributed by atoms with E-state index in [0.717, 1.165) is 28.1 Å². The van der Waals surface area contributed by atoms with Gasteiger partial charge in [0.2, 0.25) is 5.91 Å². The molecule has 1 unspecified atom stereocenters. The third kappa shape index (κ3) is 6.36. The molecule has 9 heteroatoms. The van der Waals surface area contributed by atoms with Gasteiger partial charge in [0.15, 0.2) is 5.78 Å². The van der Waals surface area contributed by atoms with E-state index >= 15 is 0 Å². The SMILES string of the molecule is CN1c2ccc(NCC(=O)c3ccc(C=NN)cc3)cc2CN(CCc2ccccc2)C(=O)C1CC(=O)O. The Hall–Kier alpha value is -4.66. The molecular weight excluding hydrogens is 482 g/mol. The van der Waals surface area contributed by atoms with Gasteiger partial charge < -0.3 is 26.1 Å². The van der Waals surface area contributed by atoms with Crippen molar-refractivity contribution in [2.75, 3.05) is 30.4 Å². The molecule has 0 fully saturated rings. The number of fused-ring (bicyclic) bond motifs is 1. The monoisotopic (exact) mass is 513 g/mol. The molecule has 1 heterocycles. The Morgan fingerprint density at radius 3 is 2.53 bits per heavy atom. The van der Waals surface area contributed by atoms with E-state index in [9.17, 15) is 19.5 Å². The van der Waals surface area contributed by atoms with E-state index in [1.807, 2.05) is 48.5 Å². The highest BCUT2D eigenvalue weighted by atomic mass is 16.4. The van der Waals surface area contributed by atoms with Crippen LogP contribution in [0.4, 0.5) is 11.4 Å². The second-order valence-corrected chi connectivity index (χ2v) is 9.24. The molecule has 0 radical (unpaired) electrons. The predicted octanol–water partition coefficient (Wildman–Crippen LogP) is 3.14. The fraction of sp³-hybridized carbons (Fsp3) is 0.241. The summed E-state index contributed by atoms with van der Waals surface area (Å²) in [4.78, 5) is 41.2. The van der Waals surface area contributed by atoms with Crippen molar-refractivity contribution in [3.63, 3.8) is 0 Å². The molecule has 4 rings (SSSR count). The summed E-state index contributed by atoms with van der Waals surface area (Å²) in [7, 11) is 1.75. The number of hydrazone groups is 1. The highest BCUT2D eigenvalue weighted by molar-refractivity contribution is 5.99. The summed E-state index contributed by atoms with van der Waals surface area (Å²) in [5.74, 6) is 3.85. The summed E-state index contributed by atoms with van der Waals surface area (Å²) < 4.78 is 0. The Morgan fingerprint density at radius 2 is 1.84 bits per heavy atom. The lowest BCUT2D eigenvalue weighted by atomic mass is 10.1. The summed E-state index contributed by atoms with van der Waals surface area (Å²) in [5.41, 5.74) is 4.88. The Labute approximate surface area is 221 Å². The number of benzene rings is 3. The Kier molecular flexibility index (Phi) is 8.37. The summed E-state index contributed by atoms with van der Waals surface area (Å²) in [6, 6.07) is 21.7. The first-order chi connectivity index (χ1) is 18.4. The van der Waals surface area contributed by atoms with Crippen LogP contribution in [0.1, 0.15) is 33.5 Å². The van der Waals surface area contributed by atoms with E-state index in [1.54, 1.807) is 41.1 Å². The number of aliphatic carboxylic acids is 1. The fourth-order valence-corrected chi connectivity index (χ4v) is 4.61. The molecule has 4 N–H and O–H groups in total. The smallest absolute Gasteiger partial charge is 0.305 e. The van der Waals surface area contributed by atoms with Crippen LogP contribution in [-0.4, -0.2) is 60.1 Å². The maximum atomic E-state index is 13.4. The van der Waals surface area contributed by atoms with Crippen LogP contribution in [0, 0.1) is 0 Å². The van der Waals surface area contributed by atoms with Gasteiger partial charge in [-0.05, 0) is 41.3 Å². The predicted molar refractivity (Wildman–Crippen MR) is 147 cm³/mol. The molecule has 1 aliphatic heterocycles. The van der Waals surface area contributed by atoms with E-state index in [-0.39, 0.29) is 24.7 Å². The zero-order valence-corrected chi connectivity index (χ0v) is 21.2. The molecule has 1 atom stereocenters. The number of carboxylic acids is 1. The molecule has 3 aromatic rings. The molecule has 1 amide bonds. The third-order valence-corrected chi connectivity index (χ3v) is 6.68. The second-order valence-electron chi connectivity index (χ2n) is 9.24. The lowest BCUT2D eigenvalue weighted by Crippen LogP contribution is -2.46. The summed E-state index contributed by atoms with van der Waals surface area (Å²) in [5, 5.41) is 16.1. The summed E-state index contributed by atoms with van der Waals surface area (Å²) in [6.07, 6.45) is 1.88. The summed E-state index contributed by atoms with van der Waals surface area (Å²) >= 11 is 0. The van der Waals surface area contributed by atoms with Gasteiger partial charge in [0.1, 0.15) is 6.04 Å². The van der Waals surface area contributed by atoms with E-state index in [2.05, 4.69) is 10.4 Å². The number of carbonyl (C=O) groups excluding carboxylic acids is 2. The van der Waals surface area contributed by atoms with E-state index in [0.29, 0.717) is 25.1 Å². The maximum Gasteiger partial charge on any atom is 0.305 e. The van der Waals surface area contributed by atoms with Crippen molar-refractivity contribution in [1.82, 2.24) is 4.90 Å². The van der Waals surface area contributed by atoms with Crippen molar-refractivity contribution in [2.24, 2.45) is 10.9 Å². The highest BCUT2D eigenvalue weighted by Crippen LogP contribution is 2.31. The number of nitrogens with zero attached hydrogens (tertiary/aromatic N) is 3. The zero-order chi connectivity index (χ0) is 27.1. The van der Waals surface area contributed by atoms with Gasteiger partial charge in [-0.15, -0.1) is 0 Å². The molecule has 1 aliphatic rings. The van der Waals surface area contributed by atoms with Crippen molar-refractivity contribution < 1.29 is 19.5 Å². The number of carbonyl (C=O) groups is 3. The molecule has 0 spiro atoms. The standard InChI is InChI=1S/C29H31N5O4/c1-33-25-12-11-24(31-18-27(35)22-9-7-21(8-10-22)17-32-30)15-23(25)19-34(29(38)26(33)16-28(36)37)14-13-20-5-3-2-4-6-20/h2-12,15,17,26,31H,13-14,16,18-19,30H2,1H3,(H,36,37). The van der Waals surface area contributed by atoms with E-state index in [4.69, 9.17) is 5.84 Å². The van der Waals surface area contributed by atoms with E-state index < -0.39 is 12.0 Å². The first kappa shape index (κ1) is 26.4. The number of ketones is 1. The minimum absolute atomic E-state index is 0.0746. The molecular formula is C29H31N5O4. The molecule has 0 saturated heterocycles. The first-order valence-corrected chi connectivity index (χ1v) is 12.4. The number of Topliss-reactive ketones (excluding diaryl/α,β-unsaturated/α-hetero) is 1. The lowest BCUT2D eigenvalue weighted by Gasteiger charge is -2.29. The Balaban J connectivity index is 1.52. The lowest BCUT2D eigenvalue weighted by molar-refractivity contribution is -0.142. The van der Waals surface area contributed by atoms with Gasteiger partial charge in [-0.25, -0.2) is 0 Å². The van der Waals surface area contributed by atoms with Crippen LogP contribution in [0.3, 0.4) is 0 Å². The van der Waals surface area contributed by atoms with Crippen molar-refractivity contribution in [3.05, 3.63) is 95.1 Å². The van der Waals surface area contributed by atoms with Crippen LogP contribution in [0.15, 0.2) is 77.9 Å². The normalized spacial score (nSPS) is 15.3. The number of nitrogens with one attached hydrogen (secondary N) is 1. The number of nitrogens with two attached hydrogens (primary N) is 1. The number of hydrogen-bond acceptors (Lipinski definition) is 7.